The van der Waals surface area contributed by atoms with Crippen LogP contribution in [0.2, 0.25) is 0 Å². The smallest absolute Gasteiger partial charge is 0.315 e. The van der Waals surface area contributed by atoms with Gasteiger partial charge in [0.1, 0.15) is 0 Å². The van der Waals surface area contributed by atoms with E-state index in [9.17, 15) is 24.8 Å². The highest BCUT2D eigenvalue weighted by Gasteiger charge is 2.34. The van der Waals surface area contributed by atoms with Crippen LogP contribution in [0, 0.1) is 17.0 Å². The number of benzene rings is 2. The minimum Gasteiger partial charge on any atom is -0.500 e. The van der Waals surface area contributed by atoms with Gasteiger partial charge in [0.2, 0.25) is 5.75 Å². The highest BCUT2D eigenvalue weighted by atomic mass is 32.2. The highest BCUT2D eigenvalue weighted by molar-refractivity contribution is 8.26. The van der Waals surface area contributed by atoms with E-state index in [1.807, 2.05) is 0 Å². The topological polar surface area (TPSA) is 122 Å². The molecule has 0 aromatic heterocycles. The second-order valence-corrected chi connectivity index (χ2v) is 7.80. The molecule has 1 saturated heterocycles. The van der Waals surface area contributed by atoms with E-state index in [0.717, 1.165) is 28.4 Å². The van der Waals surface area contributed by atoms with Crippen molar-refractivity contribution in [2.75, 3.05) is 7.11 Å². The number of methoxy groups -OCH3 is 1. The number of carbonyl (C=O) groups excluding carboxylic acids is 2. The lowest BCUT2D eigenvalue weighted by atomic mass is 10.1. The number of nitro benzene ring substituents is 1. The van der Waals surface area contributed by atoms with Crippen molar-refractivity contribution in [3.8, 4) is 11.5 Å². The number of nitrogens with one attached hydrogen (secondary N) is 1. The standard InChI is InChI=1S/C19H15N3O6S2/c1-10-5-3-4-6-12(10)17(24)20-21-18(25)15(30-19(21)29)9-11-7-13(22(26)27)16(23)14(8-11)28-2/h3-9,23H,1-2H3,(H,20,24)/b15-9-. The van der Waals surface area contributed by atoms with Gasteiger partial charge in [0, 0.05) is 11.6 Å². The summed E-state index contributed by atoms with van der Waals surface area (Å²) in [7, 11) is 1.25. The third kappa shape index (κ3) is 4.11. The van der Waals surface area contributed by atoms with Gasteiger partial charge in [0.15, 0.2) is 10.1 Å². The van der Waals surface area contributed by atoms with Gasteiger partial charge in [-0.1, -0.05) is 30.0 Å². The zero-order valence-electron chi connectivity index (χ0n) is 15.7. The molecule has 30 heavy (non-hydrogen) atoms. The minimum absolute atomic E-state index is 0.105. The van der Waals surface area contributed by atoms with Crippen molar-refractivity contribution in [1.82, 2.24) is 10.4 Å². The zero-order chi connectivity index (χ0) is 22.0. The van der Waals surface area contributed by atoms with E-state index < -0.39 is 28.2 Å². The van der Waals surface area contributed by atoms with Gasteiger partial charge >= 0.3 is 5.69 Å². The molecule has 3 rings (SSSR count). The number of thioether (sulfide) groups is 1. The van der Waals surface area contributed by atoms with Crippen LogP contribution in [0.25, 0.3) is 6.08 Å². The molecule has 2 aromatic rings. The maximum Gasteiger partial charge on any atom is 0.315 e. The second-order valence-electron chi connectivity index (χ2n) is 6.12. The number of hydrazine groups is 1. The van der Waals surface area contributed by atoms with Gasteiger partial charge in [0.05, 0.1) is 16.9 Å². The van der Waals surface area contributed by atoms with E-state index in [4.69, 9.17) is 17.0 Å². The molecule has 0 radical (unpaired) electrons. The monoisotopic (exact) mass is 445 g/mol. The number of amides is 2. The molecule has 1 fully saturated rings. The molecule has 2 aromatic carbocycles. The maximum atomic E-state index is 12.7. The van der Waals surface area contributed by atoms with E-state index in [1.54, 1.807) is 31.2 Å². The van der Waals surface area contributed by atoms with Gasteiger partial charge in [0.25, 0.3) is 11.8 Å². The molecule has 1 aliphatic heterocycles. The molecule has 0 unspecified atom stereocenters. The van der Waals surface area contributed by atoms with Crippen molar-refractivity contribution in [2.45, 2.75) is 6.92 Å². The van der Waals surface area contributed by atoms with Crippen LogP contribution in [0.15, 0.2) is 41.3 Å². The van der Waals surface area contributed by atoms with E-state index in [2.05, 4.69) is 5.43 Å². The number of nitro groups is 1. The van der Waals surface area contributed by atoms with Crippen LogP contribution in [0.4, 0.5) is 5.69 Å². The number of carbonyl (C=O) groups is 2. The average molecular weight is 445 g/mol. The summed E-state index contributed by atoms with van der Waals surface area (Å²) in [6.07, 6.45) is 1.37. The van der Waals surface area contributed by atoms with Crippen LogP contribution in [-0.4, -0.2) is 38.3 Å². The summed E-state index contributed by atoms with van der Waals surface area (Å²) in [5, 5.41) is 22.0. The fourth-order valence-electron chi connectivity index (χ4n) is 2.70. The van der Waals surface area contributed by atoms with Crippen LogP contribution in [0.5, 0.6) is 11.5 Å². The molecule has 154 valence electrons. The summed E-state index contributed by atoms with van der Waals surface area (Å²) >= 11 is 6.12. The summed E-state index contributed by atoms with van der Waals surface area (Å²) in [6, 6.07) is 9.35. The second kappa shape index (κ2) is 8.51. The predicted octanol–water partition coefficient (Wildman–Crippen LogP) is 3.16. The van der Waals surface area contributed by atoms with E-state index >= 15 is 0 Å². The SMILES string of the molecule is COc1cc(/C=C2\SC(=S)N(NC(=O)c3ccccc3C)C2=O)cc([N+](=O)[O-])c1O. The van der Waals surface area contributed by atoms with Crippen molar-refractivity contribution >= 4 is 51.9 Å². The summed E-state index contributed by atoms with van der Waals surface area (Å²) in [5.74, 6) is -1.80. The molecule has 2 amide bonds. The molecular weight excluding hydrogens is 430 g/mol. The highest BCUT2D eigenvalue weighted by Crippen LogP contribution is 2.39. The third-order valence-electron chi connectivity index (χ3n) is 4.19. The molecule has 0 aliphatic carbocycles. The quantitative estimate of drug-likeness (QED) is 0.311. The number of rotatable bonds is 5. The normalized spacial score (nSPS) is 14.9. The Morgan fingerprint density at radius 3 is 2.70 bits per heavy atom. The van der Waals surface area contributed by atoms with E-state index in [-0.39, 0.29) is 20.5 Å². The molecule has 0 saturated carbocycles. The van der Waals surface area contributed by atoms with Crippen molar-refractivity contribution < 1.29 is 24.4 Å². The Morgan fingerprint density at radius 1 is 1.37 bits per heavy atom. The van der Waals surface area contributed by atoms with E-state index in [1.165, 1.54) is 19.3 Å². The Kier molecular flexibility index (Phi) is 6.04. The summed E-state index contributed by atoms with van der Waals surface area (Å²) in [6.45, 7) is 1.77. The molecule has 9 nitrogen and oxygen atoms in total. The molecule has 1 heterocycles. The van der Waals surface area contributed by atoms with Crippen molar-refractivity contribution in [3.05, 3.63) is 68.1 Å². The molecule has 0 spiro atoms. The molecular formula is C19H15N3O6S2. The third-order valence-corrected chi connectivity index (χ3v) is 5.49. The van der Waals surface area contributed by atoms with Gasteiger partial charge in [-0.3, -0.25) is 25.1 Å². The van der Waals surface area contributed by atoms with Crippen LogP contribution < -0.4 is 10.2 Å². The first kappa shape index (κ1) is 21.3. The summed E-state index contributed by atoms with van der Waals surface area (Å²) in [4.78, 5) is 35.8. The van der Waals surface area contributed by atoms with Crippen molar-refractivity contribution in [1.29, 1.82) is 0 Å². The number of phenolic OH excluding ortho intramolecular Hbond substituents is 1. The Labute approximate surface area is 180 Å². The number of phenols is 1. The average Bonchev–Trinajstić information content (AvgIpc) is 2.96. The van der Waals surface area contributed by atoms with Gasteiger partial charge in [-0.25, -0.2) is 0 Å². The van der Waals surface area contributed by atoms with Crippen LogP contribution in [0.3, 0.4) is 0 Å². The maximum absolute atomic E-state index is 12.7. The fourth-order valence-corrected chi connectivity index (χ4v) is 3.88. The largest absolute Gasteiger partial charge is 0.500 e. The molecule has 2 N–H and O–H groups in total. The Bertz CT molecular complexity index is 1120. The summed E-state index contributed by atoms with van der Waals surface area (Å²) in [5.41, 5.74) is 3.30. The zero-order valence-corrected chi connectivity index (χ0v) is 17.4. The molecule has 11 heteroatoms. The fraction of sp³-hybridized carbons (Fsp3) is 0.105. The minimum atomic E-state index is -0.761. The van der Waals surface area contributed by atoms with Crippen LogP contribution >= 0.6 is 24.0 Å². The first-order chi connectivity index (χ1) is 14.2. The Hall–Kier alpha value is -3.44. The molecule has 0 atom stereocenters. The van der Waals surface area contributed by atoms with Gasteiger partial charge in [-0.05, 0) is 48.5 Å². The van der Waals surface area contributed by atoms with Crippen molar-refractivity contribution in [3.63, 3.8) is 0 Å². The van der Waals surface area contributed by atoms with Gasteiger partial charge in [-0.15, -0.1) is 0 Å². The molecule has 0 bridgehead atoms. The van der Waals surface area contributed by atoms with Crippen LogP contribution in [-0.2, 0) is 4.79 Å². The van der Waals surface area contributed by atoms with E-state index in [0.29, 0.717) is 5.56 Å². The number of ether oxygens (including phenoxy) is 1. The number of aryl methyl sites for hydroxylation is 1. The lowest BCUT2D eigenvalue weighted by Crippen LogP contribution is -2.45. The Balaban J connectivity index is 1.88. The Morgan fingerprint density at radius 2 is 2.07 bits per heavy atom. The number of hydrogen-bond acceptors (Lipinski definition) is 8. The first-order valence-electron chi connectivity index (χ1n) is 8.43. The lowest BCUT2D eigenvalue weighted by Gasteiger charge is -2.16. The lowest BCUT2D eigenvalue weighted by molar-refractivity contribution is -0.386. The van der Waals surface area contributed by atoms with Gasteiger partial charge in [-0.2, -0.15) is 5.01 Å². The van der Waals surface area contributed by atoms with Crippen molar-refractivity contribution in [2.24, 2.45) is 0 Å². The number of nitrogens with zero attached hydrogens (tertiary/aromatic N) is 2. The van der Waals surface area contributed by atoms with Crippen LogP contribution in [0.1, 0.15) is 21.5 Å². The first-order valence-corrected chi connectivity index (χ1v) is 9.65. The van der Waals surface area contributed by atoms with Gasteiger partial charge < -0.3 is 9.84 Å². The molecule has 1 aliphatic rings. The number of hydrogen-bond donors (Lipinski definition) is 2. The predicted molar refractivity (Wildman–Crippen MR) is 115 cm³/mol. The number of aromatic hydroxyl groups is 1. The summed E-state index contributed by atoms with van der Waals surface area (Å²) < 4.78 is 5.06. The number of thiocarbonyl (C=S) groups is 1.